The van der Waals surface area contributed by atoms with Crippen LogP contribution in [0.3, 0.4) is 0 Å². The molecule has 0 aliphatic carbocycles. The Labute approximate surface area is 119 Å². The quantitative estimate of drug-likeness (QED) is 0.794. The Balaban J connectivity index is 1.91. The minimum absolute atomic E-state index is 0.668. The summed E-state index contributed by atoms with van der Waals surface area (Å²) in [6, 6.07) is 14.6. The van der Waals surface area contributed by atoms with Gasteiger partial charge < -0.3 is 4.90 Å². The number of benzene rings is 1. The minimum atomic E-state index is 0.668. The summed E-state index contributed by atoms with van der Waals surface area (Å²) in [7, 11) is 0. The zero-order valence-electron chi connectivity index (χ0n) is 11.6. The molecule has 100 valence electrons. The molecule has 1 aromatic heterocycles. The molecular formula is C17H17N3. The second-order valence-corrected chi connectivity index (χ2v) is 5.19. The first-order valence-corrected chi connectivity index (χ1v) is 6.97. The highest BCUT2D eigenvalue weighted by atomic mass is 15.2. The van der Waals surface area contributed by atoms with Gasteiger partial charge in [0.2, 0.25) is 0 Å². The van der Waals surface area contributed by atoms with Crippen LogP contribution in [0.1, 0.15) is 22.4 Å². The zero-order chi connectivity index (χ0) is 13.9. The predicted molar refractivity (Wildman–Crippen MR) is 79.8 cm³/mol. The van der Waals surface area contributed by atoms with Crippen molar-refractivity contribution in [2.24, 2.45) is 0 Å². The predicted octanol–water partition coefficient (Wildman–Crippen LogP) is 2.87. The molecule has 0 atom stereocenters. The second kappa shape index (κ2) is 5.34. The third-order valence-corrected chi connectivity index (χ3v) is 3.85. The Morgan fingerprint density at radius 3 is 2.30 bits per heavy atom. The van der Waals surface area contributed by atoms with Gasteiger partial charge in [0.05, 0.1) is 5.56 Å². The van der Waals surface area contributed by atoms with E-state index in [1.807, 2.05) is 19.1 Å². The SMILES string of the molecule is Cc1ccc(C#N)c(N2CCc3ccccc3CC2)n1. The molecule has 1 aliphatic heterocycles. The monoisotopic (exact) mass is 263 g/mol. The molecule has 0 saturated carbocycles. The number of anilines is 1. The number of rotatable bonds is 1. The summed E-state index contributed by atoms with van der Waals surface area (Å²) in [6.07, 6.45) is 2.02. The van der Waals surface area contributed by atoms with Crippen LogP contribution in [0.2, 0.25) is 0 Å². The molecule has 0 spiro atoms. The lowest BCUT2D eigenvalue weighted by molar-refractivity contribution is 0.787. The van der Waals surface area contributed by atoms with E-state index in [0.717, 1.165) is 37.4 Å². The Bertz CT molecular complexity index is 643. The fourth-order valence-electron chi connectivity index (χ4n) is 2.75. The van der Waals surface area contributed by atoms with Crippen LogP contribution in [0.4, 0.5) is 5.82 Å². The van der Waals surface area contributed by atoms with Crippen LogP contribution in [-0.4, -0.2) is 18.1 Å². The van der Waals surface area contributed by atoms with Crippen LogP contribution >= 0.6 is 0 Å². The number of fused-ring (bicyclic) bond motifs is 1. The van der Waals surface area contributed by atoms with Crippen LogP contribution in [0.25, 0.3) is 0 Å². The molecule has 20 heavy (non-hydrogen) atoms. The number of nitrogens with zero attached hydrogens (tertiary/aromatic N) is 3. The first-order chi connectivity index (χ1) is 9.78. The van der Waals surface area contributed by atoms with E-state index in [9.17, 15) is 5.26 Å². The van der Waals surface area contributed by atoms with E-state index in [0.29, 0.717) is 5.56 Å². The molecule has 0 N–H and O–H groups in total. The van der Waals surface area contributed by atoms with Gasteiger partial charge in [0.15, 0.2) is 0 Å². The highest BCUT2D eigenvalue weighted by molar-refractivity contribution is 5.55. The van der Waals surface area contributed by atoms with Crippen molar-refractivity contribution in [1.29, 1.82) is 5.26 Å². The van der Waals surface area contributed by atoms with Gasteiger partial charge in [0.1, 0.15) is 11.9 Å². The van der Waals surface area contributed by atoms with Gasteiger partial charge in [-0.15, -0.1) is 0 Å². The van der Waals surface area contributed by atoms with Crippen molar-refractivity contribution in [3.8, 4) is 6.07 Å². The number of hydrogen-bond acceptors (Lipinski definition) is 3. The van der Waals surface area contributed by atoms with E-state index >= 15 is 0 Å². The largest absolute Gasteiger partial charge is 0.355 e. The second-order valence-electron chi connectivity index (χ2n) is 5.19. The third-order valence-electron chi connectivity index (χ3n) is 3.85. The maximum absolute atomic E-state index is 9.27. The molecule has 2 heterocycles. The van der Waals surface area contributed by atoms with Gasteiger partial charge in [-0.2, -0.15) is 5.26 Å². The molecule has 3 heteroatoms. The van der Waals surface area contributed by atoms with Crippen molar-refractivity contribution in [3.05, 3.63) is 58.8 Å². The summed E-state index contributed by atoms with van der Waals surface area (Å²) < 4.78 is 0. The summed E-state index contributed by atoms with van der Waals surface area (Å²) >= 11 is 0. The van der Waals surface area contributed by atoms with Gasteiger partial charge >= 0.3 is 0 Å². The molecule has 0 saturated heterocycles. The van der Waals surface area contributed by atoms with Crippen molar-refractivity contribution in [2.75, 3.05) is 18.0 Å². The van der Waals surface area contributed by atoms with Gasteiger partial charge in [-0.05, 0) is 43.0 Å². The van der Waals surface area contributed by atoms with Gasteiger partial charge in [0.25, 0.3) is 0 Å². The lowest BCUT2D eigenvalue weighted by Crippen LogP contribution is -2.28. The van der Waals surface area contributed by atoms with Crippen molar-refractivity contribution in [1.82, 2.24) is 4.98 Å². The zero-order valence-corrected chi connectivity index (χ0v) is 11.6. The maximum Gasteiger partial charge on any atom is 0.146 e. The molecule has 0 radical (unpaired) electrons. The van der Waals surface area contributed by atoms with E-state index in [-0.39, 0.29) is 0 Å². The molecule has 0 bridgehead atoms. The van der Waals surface area contributed by atoms with Gasteiger partial charge in [-0.25, -0.2) is 4.98 Å². The number of aromatic nitrogens is 1. The van der Waals surface area contributed by atoms with Crippen LogP contribution in [0, 0.1) is 18.3 Å². The molecule has 3 nitrogen and oxygen atoms in total. The number of hydrogen-bond donors (Lipinski definition) is 0. The molecule has 0 fully saturated rings. The van der Waals surface area contributed by atoms with Crippen LogP contribution < -0.4 is 4.90 Å². The van der Waals surface area contributed by atoms with Gasteiger partial charge in [-0.3, -0.25) is 0 Å². The lowest BCUT2D eigenvalue weighted by Gasteiger charge is -2.22. The van der Waals surface area contributed by atoms with Crippen molar-refractivity contribution >= 4 is 5.82 Å². The molecule has 1 aliphatic rings. The normalized spacial score (nSPS) is 14.3. The van der Waals surface area contributed by atoms with E-state index in [1.54, 1.807) is 0 Å². The molecular weight excluding hydrogens is 246 g/mol. The molecule has 0 unspecified atom stereocenters. The highest BCUT2D eigenvalue weighted by Gasteiger charge is 2.17. The minimum Gasteiger partial charge on any atom is -0.355 e. The maximum atomic E-state index is 9.27. The summed E-state index contributed by atoms with van der Waals surface area (Å²) in [4.78, 5) is 6.82. The van der Waals surface area contributed by atoms with E-state index < -0.39 is 0 Å². The molecule has 2 aromatic rings. The fraction of sp³-hybridized carbons (Fsp3) is 0.294. The number of aryl methyl sites for hydroxylation is 1. The fourth-order valence-corrected chi connectivity index (χ4v) is 2.75. The van der Waals surface area contributed by atoms with E-state index in [2.05, 4.69) is 40.2 Å². The molecule has 0 amide bonds. The Morgan fingerprint density at radius 1 is 1.05 bits per heavy atom. The topological polar surface area (TPSA) is 39.9 Å². The third kappa shape index (κ3) is 2.37. The van der Waals surface area contributed by atoms with Gasteiger partial charge in [0, 0.05) is 18.8 Å². The molecule has 3 rings (SSSR count). The van der Waals surface area contributed by atoms with Gasteiger partial charge in [-0.1, -0.05) is 24.3 Å². The average molecular weight is 263 g/mol. The smallest absolute Gasteiger partial charge is 0.146 e. The van der Waals surface area contributed by atoms with Crippen molar-refractivity contribution in [3.63, 3.8) is 0 Å². The number of pyridine rings is 1. The summed E-state index contributed by atoms with van der Waals surface area (Å²) in [5.74, 6) is 0.834. The van der Waals surface area contributed by atoms with Crippen LogP contribution in [-0.2, 0) is 12.8 Å². The first kappa shape index (κ1) is 12.7. The van der Waals surface area contributed by atoms with Crippen LogP contribution in [0.15, 0.2) is 36.4 Å². The van der Waals surface area contributed by atoms with Crippen molar-refractivity contribution in [2.45, 2.75) is 19.8 Å². The van der Waals surface area contributed by atoms with E-state index in [4.69, 9.17) is 0 Å². The summed E-state index contributed by atoms with van der Waals surface area (Å²) in [5.41, 5.74) is 4.46. The summed E-state index contributed by atoms with van der Waals surface area (Å²) in [6.45, 7) is 3.81. The first-order valence-electron chi connectivity index (χ1n) is 6.97. The average Bonchev–Trinajstić information content (AvgIpc) is 2.70. The number of nitriles is 1. The standard InChI is InChI=1S/C17H17N3/c1-13-6-7-16(12-18)17(19-13)20-10-8-14-4-2-3-5-15(14)9-11-20/h2-7H,8-11H2,1H3. The summed E-state index contributed by atoms with van der Waals surface area (Å²) in [5, 5.41) is 9.27. The van der Waals surface area contributed by atoms with Crippen LogP contribution in [0.5, 0.6) is 0 Å². The molecule has 1 aromatic carbocycles. The lowest BCUT2D eigenvalue weighted by atomic mass is 10.0. The Morgan fingerprint density at radius 2 is 1.70 bits per heavy atom. The Kier molecular flexibility index (Phi) is 3.39. The Hall–Kier alpha value is -2.34. The van der Waals surface area contributed by atoms with Crippen molar-refractivity contribution < 1.29 is 0 Å². The highest BCUT2D eigenvalue weighted by Crippen LogP contribution is 2.22. The van der Waals surface area contributed by atoms with E-state index in [1.165, 1.54) is 11.1 Å².